The third kappa shape index (κ3) is 5.37. The number of anilines is 4. The molecular weight excluding hydrogens is 594 g/mol. The van der Waals surface area contributed by atoms with Crippen LogP contribution in [0.25, 0.3) is 0 Å². The van der Waals surface area contributed by atoms with Crippen molar-refractivity contribution in [2.45, 2.75) is 57.2 Å². The molecule has 242 valence electrons. The fourth-order valence-corrected chi connectivity index (χ4v) is 9.98. The van der Waals surface area contributed by atoms with E-state index in [0.717, 1.165) is 55.0 Å². The standard InChI is InChI=1S/C32H43N7O5S/c1-21(2)45(42,43)37-11-9-36(10-12-37)25-7-8-28(34-20-25)38-13-14-39(27-6-4-3-5-26(27)38)44-31(41)35-29-23-15-22-16-24(29)19-32(17-22,18-23)30(33)40/h3-8,20-24,29H,9-19H2,1-2H3,(H2,33,40)(H,35,41)/t22?,23-,24+,29?,32?. The molecule has 45 heavy (non-hydrogen) atoms. The highest BCUT2D eigenvalue weighted by Gasteiger charge is 2.58. The molecule has 13 heteroatoms. The lowest BCUT2D eigenvalue weighted by Crippen LogP contribution is -2.62. The first kappa shape index (κ1) is 30.1. The number of aromatic nitrogens is 1. The second-order valence-corrected chi connectivity index (χ2v) is 16.2. The second-order valence-electron chi connectivity index (χ2n) is 13.8. The summed E-state index contributed by atoms with van der Waals surface area (Å²) in [5.41, 5.74) is 8.07. The van der Waals surface area contributed by atoms with Crippen molar-refractivity contribution in [3.05, 3.63) is 42.6 Å². The highest BCUT2D eigenvalue weighted by atomic mass is 32.2. The average Bonchev–Trinajstić information content (AvgIpc) is 3.03. The molecule has 3 N–H and O–H groups in total. The fraction of sp³-hybridized carbons (Fsp3) is 0.594. The van der Waals surface area contributed by atoms with Gasteiger partial charge in [0.15, 0.2) is 0 Å². The Labute approximate surface area is 264 Å². The molecule has 1 aromatic heterocycles. The molecule has 2 aromatic rings. The SMILES string of the molecule is CC(C)S(=O)(=O)N1CCN(c2ccc(N3CCN(OC(=O)NC4[C@@H]5CC6C[C@H]4CC(C(N)=O)(C6)C5)c4ccccc43)nc2)CC1. The van der Waals surface area contributed by atoms with E-state index in [4.69, 9.17) is 15.6 Å². The lowest BCUT2D eigenvalue weighted by molar-refractivity contribution is -0.145. The Bertz CT molecular complexity index is 1540. The third-order valence-electron chi connectivity index (χ3n) is 10.8. The van der Waals surface area contributed by atoms with Gasteiger partial charge in [0.25, 0.3) is 0 Å². The lowest BCUT2D eigenvalue weighted by atomic mass is 9.47. The van der Waals surface area contributed by atoms with Crippen LogP contribution in [0.15, 0.2) is 42.6 Å². The number of hydrogen-bond acceptors (Lipinski definition) is 9. The Morgan fingerprint density at radius 3 is 2.27 bits per heavy atom. The van der Waals surface area contributed by atoms with E-state index >= 15 is 0 Å². The summed E-state index contributed by atoms with van der Waals surface area (Å²) in [5, 5.41) is 4.40. The Hall–Kier alpha value is -3.58. The minimum absolute atomic E-state index is 0.00311. The first-order valence-corrected chi connectivity index (χ1v) is 17.7. The zero-order valence-electron chi connectivity index (χ0n) is 26.0. The highest BCUT2D eigenvalue weighted by Crippen LogP contribution is 2.60. The second kappa shape index (κ2) is 11.3. The van der Waals surface area contributed by atoms with Crippen LogP contribution in [0.2, 0.25) is 0 Å². The summed E-state index contributed by atoms with van der Waals surface area (Å²) < 4.78 is 26.7. The van der Waals surface area contributed by atoms with E-state index in [1.54, 1.807) is 23.2 Å². The molecule has 8 rings (SSSR count). The number of hydrogen-bond donors (Lipinski definition) is 2. The Balaban J connectivity index is 0.993. The number of nitrogens with two attached hydrogens (primary N) is 1. The van der Waals surface area contributed by atoms with Crippen LogP contribution in [0, 0.1) is 23.2 Å². The van der Waals surface area contributed by atoms with E-state index in [0.29, 0.717) is 45.2 Å². The first-order valence-electron chi connectivity index (χ1n) is 16.2. The molecule has 4 bridgehead atoms. The summed E-state index contributed by atoms with van der Waals surface area (Å²) in [6, 6.07) is 11.8. The number of rotatable bonds is 7. The maximum atomic E-state index is 13.2. The largest absolute Gasteiger partial charge is 0.431 e. The van der Waals surface area contributed by atoms with Crippen molar-refractivity contribution in [3.63, 3.8) is 0 Å². The molecule has 12 nitrogen and oxygen atoms in total. The topological polar surface area (TPSA) is 141 Å². The van der Waals surface area contributed by atoms with Crippen molar-refractivity contribution in [1.82, 2.24) is 14.6 Å². The number of amides is 2. The minimum atomic E-state index is -3.25. The summed E-state index contributed by atoms with van der Waals surface area (Å²) in [5.74, 6) is 1.63. The lowest BCUT2D eigenvalue weighted by Gasteiger charge is -2.58. The van der Waals surface area contributed by atoms with Gasteiger partial charge in [-0.05, 0) is 88.0 Å². The number of nitrogens with zero attached hydrogens (tertiary/aromatic N) is 5. The van der Waals surface area contributed by atoms with E-state index in [2.05, 4.69) is 15.1 Å². The molecule has 2 aliphatic heterocycles. The smallest absolute Gasteiger partial charge is 0.369 e. The van der Waals surface area contributed by atoms with Crippen molar-refractivity contribution in [2.24, 2.45) is 28.9 Å². The number of hydroxylamine groups is 1. The minimum Gasteiger partial charge on any atom is -0.369 e. The van der Waals surface area contributed by atoms with Crippen molar-refractivity contribution < 1.29 is 22.8 Å². The number of benzene rings is 1. The summed E-state index contributed by atoms with van der Waals surface area (Å²) in [4.78, 5) is 40.5. The Morgan fingerprint density at radius 1 is 0.956 bits per heavy atom. The number of carbonyl (C=O) groups is 2. The number of carbonyl (C=O) groups excluding carboxylic acids is 2. The van der Waals surface area contributed by atoms with E-state index < -0.39 is 26.8 Å². The van der Waals surface area contributed by atoms with E-state index in [9.17, 15) is 18.0 Å². The molecule has 4 saturated carbocycles. The van der Waals surface area contributed by atoms with Gasteiger partial charge in [-0.1, -0.05) is 12.1 Å². The van der Waals surface area contributed by atoms with Crippen LogP contribution in [0.1, 0.15) is 46.0 Å². The van der Waals surface area contributed by atoms with Gasteiger partial charge in [0.2, 0.25) is 15.9 Å². The predicted octanol–water partition coefficient (Wildman–Crippen LogP) is 3.22. The van der Waals surface area contributed by atoms with Gasteiger partial charge < -0.3 is 25.7 Å². The molecule has 5 fully saturated rings. The maximum Gasteiger partial charge on any atom is 0.431 e. The molecule has 1 aromatic carbocycles. The summed E-state index contributed by atoms with van der Waals surface area (Å²) in [6.07, 6.45) is 5.84. The molecule has 3 unspecified atom stereocenters. The van der Waals surface area contributed by atoms with Crippen LogP contribution in [0.4, 0.5) is 27.7 Å². The Morgan fingerprint density at radius 2 is 1.64 bits per heavy atom. The van der Waals surface area contributed by atoms with Gasteiger partial charge in [0.05, 0.1) is 35.1 Å². The van der Waals surface area contributed by atoms with Gasteiger partial charge in [0.1, 0.15) is 5.82 Å². The molecule has 6 aliphatic rings. The summed E-state index contributed by atoms with van der Waals surface area (Å²) in [6.45, 7) is 6.62. The number of sulfonamides is 1. The van der Waals surface area contributed by atoms with Crippen molar-refractivity contribution in [1.29, 1.82) is 0 Å². The average molecular weight is 638 g/mol. The van der Waals surface area contributed by atoms with Crippen LogP contribution < -0.4 is 25.9 Å². The van der Waals surface area contributed by atoms with Crippen LogP contribution in [0.3, 0.4) is 0 Å². The third-order valence-corrected chi connectivity index (χ3v) is 13.1. The van der Waals surface area contributed by atoms with Crippen LogP contribution >= 0.6 is 0 Å². The van der Waals surface area contributed by atoms with Crippen LogP contribution in [-0.4, -0.2) is 80.3 Å². The van der Waals surface area contributed by atoms with Crippen molar-refractivity contribution >= 4 is 44.9 Å². The maximum absolute atomic E-state index is 13.2. The van der Waals surface area contributed by atoms with Gasteiger partial charge in [0, 0.05) is 44.2 Å². The zero-order chi connectivity index (χ0) is 31.5. The fourth-order valence-electron chi connectivity index (χ4n) is 8.72. The monoisotopic (exact) mass is 637 g/mol. The molecule has 0 spiro atoms. The van der Waals surface area contributed by atoms with Crippen molar-refractivity contribution in [3.8, 4) is 0 Å². The molecule has 1 saturated heterocycles. The number of para-hydroxylation sites is 2. The van der Waals surface area contributed by atoms with E-state index in [-0.39, 0.29) is 23.8 Å². The molecular formula is C32H43N7O5S. The number of primary amides is 1. The summed E-state index contributed by atoms with van der Waals surface area (Å²) in [7, 11) is -3.25. The van der Waals surface area contributed by atoms with Crippen LogP contribution in [0.5, 0.6) is 0 Å². The molecule has 5 atom stereocenters. The molecule has 4 aliphatic carbocycles. The number of pyridine rings is 1. The summed E-state index contributed by atoms with van der Waals surface area (Å²) >= 11 is 0. The van der Waals surface area contributed by atoms with E-state index in [1.165, 1.54) is 0 Å². The van der Waals surface area contributed by atoms with Gasteiger partial charge >= 0.3 is 6.09 Å². The molecule has 2 amide bonds. The molecule has 0 radical (unpaired) electrons. The first-order chi connectivity index (χ1) is 21.5. The number of piperazine rings is 1. The van der Waals surface area contributed by atoms with Gasteiger partial charge in [-0.3, -0.25) is 4.79 Å². The highest BCUT2D eigenvalue weighted by molar-refractivity contribution is 7.89. The van der Waals surface area contributed by atoms with Gasteiger partial charge in [-0.25, -0.2) is 23.3 Å². The van der Waals surface area contributed by atoms with Crippen LogP contribution in [-0.2, 0) is 19.7 Å². The number of nitrogens with one attached hydrogen (secondary N) is 1. The van der Waals surface area contributed by atoms with Crippen molar-refractivity contribution in [2.75, 3.05) is 54.1 Å². The van der Waals surface area contributed by atoms with E-state index in [1.807, 2.05) is 42.6 Å². The predicted molar refractivity (Wildman–Crippen MR) is 171 cm³/mol. The molecule has 3 heterocycles. The van der Waals surface area contributed by atoms with Gasteiger partial charge in [-0.15, -0.1) is 0 Å². The quantitative estimate of drug-likeness (QED) is 0.468. The Kier molecular flexibility index (Phi) is 7.58. The van der Waals surface area contributed by atoms with Gasteiger partial charge in [-0.2, -0.15) is 4.31 Å². The number of fused-ring (bicyclic) bond motifs is 1. The normalized spacial score (nSPS) is 29.5. The zero-order valence-corrected chi connectivity index (χ0v) is 26.8.